The topological polar surface area (TPSA) is 67.3 Å². The fraction of sp³-hybridized carbons (Fsp3) is 0.312. The number of nitrogens with zero attached hydrogens (tertiary/aromatic N) is 1. The van der Waals surface area contributed by atoms with E-state index in [1.165, 1.54) is 11.3 Å². The molecule has 0 aliphatic carbocycles. The average molecular weight is 337 g/mol. The van der Waals surface area contributed by atoms with Gasteiger partial charge in [0.05, 0.1) is 27.5 Å². The molecule has 0 fully saturated rings. The van der Waals surface area contributed by atoms with E-state index in [0.29, 0.717) is 10.5 Å². The van der Waals surface area contributed by atoms with Crippen LogP contribution in [0.4, 0.5) is 0 Å². The number of aliphatic hydroxyl groups is 1. The van der Waals surface area contributed by atoms with Crippen molar-refractivity contribution in [3.63, 3.8) is 0 Å². The number of hydrogen-bond donors (Lipinski definition) is 1. The molecular weight excluding hydrogens is 318 g/mol. The number of aromatic nitrogens is 1. The summed E-state index contributed by atoms with van der Waals surface area (Å²) in [5.74, 6) is -0.0839. The van der Waals surface area contributed by atoms with Crippen LogP contribution in [0.25, 0.3) is 6.08 Å². The lowest BCUT2D eigenvalue weighted by Crippen LogP contribution is -2.16. The summed E-state index contributed by atoms with van der Waals surface area (Å²) in [4.78, 5) is 4.59. The maximum absolute atomic E-state index is 12.2. The van der Waals surface area contributed by atoms with Crippen LogP contribution in [-0.2, 0) is 9.84 Å². The Morgan fingerprint density at radius 2 is 2.05 bits per heavy atom. The molecule has 1 heterocycles. The van der Waals surface area contributed by atoms with Gasteiger partial charge in [0, 0.05) is 5.38 Å². The fourth-order valence-electron chi connectivity index (χ4n) is 2.02. The summed E-state index contributed by atoms with van der Waals surface area (Å²) in [6, 6.07) is 8.31. The number of sulfone groups is 1. The highest BCUT2D eigenvalue weighted by molar-refractivity contribution is 7.91. The molecule has 6 heteroatoms. The van der Waals surface area contributed by atoms with Gasteiger partial charge in [-0.15, -0.1) is 11.3 Å². The van der Waals surface area contributed by atoms with Crippen molar-refractivity contribution in [2.75, 3.05) is 5.75 Å². The van der Waals surface area contributed by atoms with E-state index in [2.05, 4.69) is 4.98 Å². The molecule has 0 saturated carbocycles. The minimum atomic E-state index is -3.36. The molecule has 2 aromatic rings. The summed E-state index contributed by atoms with van der Waals surface area (Å²) in [5, 5.41) is 13.0. The fourth-order valence-corrected chi connectivity index (χ4v) is 3.93. The minimum absolute atomic E-state index is 0.0839. The van der Waals surface area contributed by atoms with Crippen LogP contribution in [0.5, 0.6) is 0 Å². The third-order valence-corrected chi connectivity index (χ3v) is 5.86. The van der Waals surface area contributed by atoms with Crippen molar-refractivity contribution in [3.8, 4) is 0 Å². The summed E-state index contributed by atoms with van der Waals surface area (Å²) >= 11 is 1.54. The SMILES string of the molecule is C/C(=C\c1csc(C)n1)C(O)CCS(=O)(=O)c1ccccc1. The van der Waals surface area contributed by atoms with E-state index in [1.54, 1.807) is 43.3 Å². The van der Waals surface area contributed by atoms with Gasteiger partial charge in [-0.3, -0.25) is 0 Å². The van der Waals surface area contributed by atoms with Crippen LogP contribution in [0.3, 0.4) is 0 Å². The van der Waals surface area contributed by atoms with Gasteiger partial charge in [0.15, 0.2) is 9.84 Å². The van der Waals surface area contributed by atoms with Gasteiger partial charge >= 0.3 is 0 Å². The summed E-state index contributed by atoms with van der Waals surface area (Å²) in [7, 11) is -3.36. The van der Waals surface area contributed by atoms with E-state index in [-0.39, 0.29) is 12.2 Å². The zero-order valence-corrected chi connectivity index (χ0v) is 14.2. The molecular formula is C16H19NO3S2. The first-order valence-electron chi connectivity index (χ1n) is 6.95. The standard InChI is InChI=1S/C16H19NO3S2/c1-12(10-14-11-21-13(2)17-14)16(18)8-9-22(19,20)15-6-4-3-5-7-15/h3-7,10-11,16,18H,8-9H2,1-2H3/b12-10+. The van der Waals surface area contributed by atoms with E-state index >= 15 is 0 Å². The quantitative estimate of drug-likeness (QED) is 0.879. The number of aliphatic hydroxyl groups excluding tert-OH is 1. The Balaban J connectivity index is 2.00. The van der Waals surface area contributed by atoms with Gasteiger partial charge in [-0.1, -0.05) is 18.2 Å². The number of thiazole rings is 1. The number of rotatable bonds is 6. The Labute approximate surface area is 135 Å². The lowest BCUT2D eigenvalue weighted by molar-refractivity contribution is 0.208. The normalized spacial score (nSPS) is 14.0. The molecule has 2 rings (SSSR count). The maximum atomic E-state index is 12.2. The van der Waals surface area contributed by atoms with E-state index in [4.69, 9.17) is 0 Å². The zero-order chi connectivity index (χ0) is 16.2. The lowest BCUT2D eigenvalue weighted by Gasteiger charge is -2.11. The third kappa shape index (κ3) is 4.50. The van der Waals surface area contributed by atoms with Crippen molar-refractivity contribution < 1.29 is 13.5 Å². The van der Waals surface area contributed by atoms with Crippen molar-refractivity contribution >= 4 is 27.3 Å². The predicted molar refractivity (Wildman–Crippen MR) is 89.6 cm³/mol. The molecule has 0 bridgehead atoms. The second-order valence-electron chi connectivity index (χ2n) is 5.12. The molecule has 118 valence electrons. The molecule has 0 radical (unpaired) electrons. The Morgan fingerprint density at radius 1 is 1.36 bits per heavy atom. The van der Waals surface area contributed by atoms with E-state index in [9.17, 15) is 13.5 Å². The van der Waals surface area contributed by atoms with Crippen LogP contribution in [0.2, 0.25) is 0 Å². The summed E-state index contributed by atoms with van der Waals surface area (Å²) in [6.07, 6.45) is 1.17. The number of benzene rings is 1. The molecule has 1 aromatic heterocycles. The van der Waals surface area contributed by atoms with Crippen molar-refractivity contribution in [1.29, 1.82) is 0 Å². The first-order chi connectivity index (χ1) is 10.4. The highest BCUT2D eigenvalue weighted by Gasteiger charge is 2.17. The molecule has 22 heavy (non-hydrogen) atoms. The van der Waals surface area contributed by atoms with Crippen molar-refractivity contribution in [3.05, 3.63) is 52.0 Å². The van der Waals surface area contributed by atoms with E-state index in [0.717, 1.165) is 10.7 Å². The average Bonchev–Trinajstić information content (AvgIpc) is 2.91. The van der Waals surface area contributed by atoms with Gasteiger partial charge < -0.3 is 5.11 Å². The van der Waals surface area contributed by atoms with Crippen LogP contribution in [0.1, 0.15) is 24.0 Å². The highest BCUT2D eigenvalue weighted by Crippen LogP contribution is 2.17. The monoisotopic (exact) mass is 337 g/mol. The molecule has 0 aliphatic rings. The molecule has 1 aromatic carbocycles. The maximum Gasteiger partial charge on any atom is 0.178 e. The second kappa shape index (κ2) is 7.17. The van der Waals surface area contributed by atoms with Crippen LogP contribution < -0.4 is 0 Å². The predicted octanol–water partition coefficient (Wildman–Crippen LogP) is 3.08. The largest absolute Gasteiger partial charge is 0.389 e. The number of hydrogen-bond acceptors (Lipinski definition) is 5. The summed E-state index contributed by atoms with van der Waals surface area (Å²) in [6.45, 7) is 3.70. The van der Waals surface area contributed by atoms with Gasteiger partial charge in [-0.25, -0.2) is 13.4 Å². The minimum Gasteiger partial charge on any atom is -0.389 e. The van der Waals surface area contributed by atoms with Crippen LogP contribution in [0, 0.1) is 6.92 Å². The van der Waals surface area contributed by atoms with Gasteiger partial charge in [0.1, 0.15) is 0 Å². The second-order valence-corrected chi connectivity index (χ2v) is 8.29. The molecule has 0 aliphatic heterocycles. The van der Waals surface area contributed by atoms with E-state index < -0.39 is 15.9 Å². The summed E-state index contributed by atoms with van der Waals surface area (Å²) in [5.41, 5.74) is 1.51. The molecule has 0 saturated heterocycles. The van der Waals surface area contributed by atoms with Crippen molar-refractivity contribution in [1.82, 2.24) is 4.98 Å². The van der Waals surface area contributed by atoms with E-state index in [1.807, 2.05) is 12.3 Å². The van der Waals surface area contributed by atoms with Crippen LogP contribution in [-0.4, -0.2) is 30.4 Å². The number of aryl methyl sites for hydroxylation is 1. The summed E-state index contributed by atoms with van der Waals surface area (Å²) < 4.78 is 24.4. The van der Waals surface area contributed by atoms with Crippen molar-refractivity contribution in [2.45, 2.75) is 31.3 Å². The lowest BCUT2D eigenvalue weighted by atomic mass is 10.1. The molecule has 4 nitrogen and oxygen atoms in total. The Bertz CT molecular complexity index is 749. The first-order valence-corrected chi connectivity index (χ1v) is 9.48. The zero-order valence-electron chi connectivity index (χ0n) is 12.6. The van der Waals surface area contributed by atoms with Gasteiger partial charge in [0.25, 0.3) is 0 Å². The Morgan fingerprint density at radius 3 is 2.64 bits per heavy atom. The van der Waals surface area contributed by atoms with Gasteiger partial charge in [-0.2, -0.15) is 0 Å². The third-order valence-electron chi connectivity index (χ3n) is 3.30. The first kappa shape index (κ1) is 16.9. The molecule has 1 unspecified atom stereocenters. The van der Waals surface area contributed by atoms with Gasteiger partial charge in [0.2, 0.25) is 0 Å². The van der Waals surface area contributed by atoms with Gasteiger partial charge in [-0.05, 0) is 44.1 Å². The smallest absolute Gasteiger partial charge is 0.178 e. The Hall–Kier alpha value is -1.50. The molecule has 1 N–H and O–H groups in total. The van der Waals surface area contributed by atoms with Crippen LogP contribution >= 0.6 is 11.3 Å². The molecule has 0 amide bonds. The van der Waals surface area contributed by atoms with Crippen molar-refractivity contribution in [2.24, 2.45) is 0 Å². The van der Waals surface area contributed by atoms with Crippen LogP contribution in [0.15, 0.2) is 46.2 Å². The Kier molecular flexibility index (Phi) is 5.50. The highest BCUT2D eigenvalue weighted by atomic mass is 32.2. The molecule has 0 spiro atoms. The molecule has 1 atom stereocenters.